The van der Waals surface area contributed by atoms with Gasteiger partial charge in [-0.25, -0.2) is 0 Å². The summed E-state index contributed by atoms with van der Waals surface area (Å²) in [6.07, 6.45) is 1.23. The molecule has 1 atom stereocenters. The van der Waals surface area contributed by atoms with Crippen LogP contribution >= 0.6 is 15.9 Å². The number of amides is 2. The third-order valence-electron chi connectivity index (χ3n) is 3.58. The van der Waals surface area contributed by atoms with Crippen LogP contribution in [0.4, 0.5) is 0 Å². The summed E-state index contributed by atoms with van der Waals surface area (Å²) in [5, 5.41) is 2.91. The number of carbonyl (C=O) groups excluding carboxylic acids is 2. The van der Waals surface area contributed by atoms with Gasteiger partial charge in [-0.15, -0.1) is 0 Å². The van der Waals surface area contributed by atoms with E-state index in [1.165, 1.54) is 0 Å². The minimum absolute atomic E-state index is 0.0163. The molecule has 0 aliphatic heterocycles. The van der Waals surface area contributed by atoms with Crippen molar-refractivity contribution in [1.29, 1.82) is 0 Å². The molecule has 0 saturated heterocycles. The van der Waals surface area contributed by atoms with Crippen molar-refractivity contribution >= 4 is 27.7 Å². The zero-order chi connectivity index (χ0) is 17.4. The first-order chi connectivity index (χ1) is 10.8. The van der Waals surface area contributed by atoms with E-state index in [9.17, 15) is 9.59 Å². The van der Waals surface area contributed by atoms with E-state index < -0.39 is 6.04 Å². The van der Waals surface area contributed by atoms with Crippen molar-refractivity contribution in [2.24, 2.45) is 5.92 Å². The number of halogens is 1. The van der Waals surface area contributed by atoms with Crippen molar-refractivity contribution in [3.8, 4) is 0 Å². The molecule has 1 rings (SSSR count). The lowest BCUT2D eigenvalue weighted by Crippen LogP contribution is -2.48. The van der Waals surface area contributed by atoms with E-state index in [-0.39, 0.29) is 11.8 Å². The highest BCUT2D eigenvalue weighted by atomic mass is 79.9. The fourth-order valence-electron chi connectivity index (χ4n) is 2.18. The van der Waals surface area contributed by atoms with Crippen LogP contribution in [0.5, 0.6) is 0 Å². The molecular formula is C18H27BrN2O2. The van der Waals surface area contributed by atoms with E-state index >= 15 is 0 Å². The fraction of sp³-hybridized carbons (Fsp3) is 0.556. The van der Waals surface area contributed by atoms with Gasteiger partial charge in [0.1, 0.15) is 6.04 Å². The first kappa shape index (κ1) is 19.7. The van der Waals surface area contributed by atoms with Crippen molar-refractivity contribution in [3.05, 3.63) is 34.3 Å². The Morgan fingerprint density at radius 3 is 2.30 bits per heavy atom. The maximum Gasteiger partial charge on any atom is 0.242 e. The van der Waals surface area contributed by atoms with Crippen molar-refractivity contribution in [3.63, 3.8) is 0 Å². The van der Waals surface area contributed by atoms with Gasteiger partial charge in [0.25, 0.3) is 0 Å². The molecule has 1 aromatic rings. The van der Waals surface area contributed by atoms with Gasteiger partial charge in [-0.3, -0.25) is 9.59 Å². The Bertz CT molecular complexity index is 514. The molecule has 0 aromatic heterocycles. The molecule has 5 heteroatoms. The highest BCUT2D eigenvalue weighted by Crippen LogP contribution is 2.15. The summed E-state index contributed by atoms with van der Waals surface area (Å²) in [4.78, 5) is 26.4. The molecule has 23 heavy (non-hydrogen) atoms. The van der Waals surface area contributed by atoms with Crippen LogP contribution in [0.25, 0.3) is 0 Å². The number of nitrogens with zero attached hydrogens (tertiary/aromatic N) is 1. The highest BCUT2D eigenvalue weighted by molar-refractivity contribution is 9.10. The van der Waals surface area contributed by atoms with Crippen LogP contribution in [0.1, 0.15) is 46.1 Å². The summed E-state index contributed by atoms with van der Waals surface area (Å²) in [7, 11) is 0. The molecule has 4 nitrogen and oxygen atoms in total. The van der Waals surface area contributed by atoms with Crippen molar-refractivity contribution < 1.29 is 9.59 Å². The minimum atomic E-state index is -0.476. The maximum absolute atomic E-state index is 12.4. The SMILES string of the molecule is CCCC(=O)N(Cc1ccc(Br)cc1)[C@H](C)C(=O)NCC(C)C. The van der Waals surface area contributed by atoms with Crippen molar-refractivity contribution in [2.45, 2.75) is 53.1 Å². The second-order valence-corrected chi connectivity index (χ2v) is 7.13. The predicted octanol–water partition coefficient (Wildman–Crippen LogP) is 3.74. The van der Waals surface area contributed by atoms with Gasteiger partial charge in [-0.1, -0.05) is 48.8 Å². The first-order valence-corrected chi connectivity index (χ1v) is 8.96. The van der Waals surface area contributed by atoms with Crippen molar-refractivity contribution in [1.82, 2.24) is 10.2 Å². The van der Waals surface area contributed by atoms with Crippen LogP contribution in [0, 0.1) is 5.92 Å². The quantitative estimate of drug-likeness (QED) is 0.744. The van der Waals surface area contributed by atoms with Crippen LogP contribution in [0.15, 0.2) is 28.7 Å². The van der Waals surface area contributed by atoms with E-state index in [1.807, 2.05) is 45.0 Å². The molecule has 128 valence electrons. The summed E-state index contributed by atoms with van der Waals surface area (Å²) in [5.74, 6) is 0.306. The molecule has 0 aliphatic carbocycles. The topological polar surface area (TPSA) is 49.4 Å². The summed E-state index contributed by atoms with van der Waals surface area (Å²) in [5.41, 5.74) is 1.01. The van der Waals surface area contributed by atoms with Gasteiger partial charge in [-0.05, 0) is 37.0 Å². The van der Waals surface area contributed by atoms with E-state index in [2.05, 4.69) is 21.2 Å². The average molecular weight is 383 g/mol. The van der Waals surface area contributed by atoms with Gasteiger partial charge in [0.05, 0.1) is 0 Å². The van der Waals surface area contributed by atoms with Crippen LogP contribution in [-0.2, 0) is 16.1 Å². The molecule has 0 aliphatic rings. The average Bonchev–Trinajstić information content (AvgIpc) is 2.51. The number of rotatable bonds is 8. The standard InChI is InChI=1S/C18H27BrN2O2/c1-5-6-17(22)21(12-15-7-9-16(19)10-8-15)14(4)18(23)20-11-13(2)3/h7-10,13-14H,5-6,11-12H2,1-4H3,(H,20,23)/t14-/m1/s1. The summed E-state index contributed by atoms with van der Waals surface area (Å²) < 4.78 is 0.996. The van der Waals surface area contributed by atoms with Gasteiger partial charge in [0, 0.05) is 24.0 Å². The number of nitrogens with one attached hydrogen (secondary N) is 1. The van der Waals surface area contributed by atoms with Crippen LogP contribution in [0.2, 0.25) is 0 Å². The van der Waals surface area contributed by atoms with E-state index in [0.29, 0.717) is 25.4 Å². The van der Waals surface area contributed by atoms with Gasteiger partial charge in [0.15, 0.2) is 0 Å². The molecule has 2 amide bonds. The summed E-state index contributed by atoms with van der Waals surface area (Å²) in [6.45, 7) is 8.93. The van der Waals surface area contributed by atoms with Crippen LogP contribution in [-0.4, -0.2) is 29.3 Å². The predicted molar refractivity (Wildman–Crippen MR) is 96.9 cm³/mol. The number of carbonyl (C=O) groups is 2. The lowest BCUT2D eigenvalue weighted by Gasteiger charge is -2.29. The lowest BCUT2D eigenvalue weighted by atomic mass is 10.1. The molecule has 0 spiro atoms. The third-order valence-corrected chi connectivity index (χ3v) is 4.11. The molecule has 1 aromatic carbocycles. The van der Waals surface area contributed by atoms with Gasteiger partial charge >= 0.3 is 0 Å². The highest BCUT2D eigenvalue weighted by Gasteiger charge is 2.25. The Kier molecular flexibility index (Phi) is 8.31. The third kappa shape index (κ3) is 6.73. The molecule has 0 bridgehead atoms. The first-order valence-electron chi connectivity index (χ1n) is 8.16. The number of benzene rings is 1. The van der Waals surface area contributed by atoms with E-state index in [4.69, 9.17) is 0 Å². The molecule has 0 saturated carbocycles. The number of hydrogen-bond donors (Lipinski definition) is 1. The Morgan fingerprint density at radius 2 is 1.78 bits per heavy atom. The largest absolute Gasteiger partial charge is 0.354 e. The van der Waals surface area contributed by atoms with E-state index in [1.54, 1.807) is 11.8 Å². The Balaban J connectivity index is 2.84. The second-order valence-electron chi connectivity index (χ2n) is 6.21. The normalized spacial score (nSPS) is 12.1. The van der Waals surface area contributed by atoms with Crippen molar-refractivity contribution in [2.75, 3.05) is 6.54 Å². The molecule has 0 unspecified atom stereocenters. The molecule has 0 radical (unpaired) electrons. The van der Waals surface area contributed by atoms with Crippen LogP contribution < -0.4 is 5.32 Å². The maximum atomic E-state index is 12.4. The Labute approximate surface area is 147 Å². The smallest absolute Gasteiger partial charge is 0.242 e. The minimum Gasteiger partial charge on any atom is -0.354 e. The molecular weight excluding hydrogens is 356 g/mol. The number of hydrogen-bond acceptors (Lipinski definition) is 2. The summed E-state index contributed by atoms with van der Waals surface area (Å²) >= 11 is 3.41. The van der Waals surface area contributed by atoms with Crippen LogP contribution in [0.3, 0.4) is 0 Å². The zero-order valence-electron chi connectivity index (χ0n) is 14.4. The Morgan fingerprint density at radius 1 is 1.17 bits per heavy atom. The Hall–Kier alpha value is -1.36. The van der Waals surface area contributed by atoms with E-state index in [0.717, 1.165) is 16.5 Å². The van der Waals surface area contributed by atoms with Gasteiger partial charge in [-0.2, -0.15) is 0 Å². The lowest BCUT2D eigenvalue weighted by molar-refractivity contribution is -0.140. The second kappa shape index (κ2) is 9.71. The molecule has 0 heterocycles. The zero-order valence-corrected chi connectivity index (χ0v) is 16.0. The molecule has 1 N–H and O–H groups in total. The molecule has 0 fully saturated rings. The fourth-order valence-corrected chi connectivity index (χ4v) is 2.44. The monoisotopic (exact) mass is 382 g/mol. The van der Waals surface area contributed by atoms with Gasteiger partial charge in [0.2, 0.25) is 11.8 Å². The van der Waals surface area contributed by atoms with Gasteiger partial charge < -0.3 is 10.2 Å². The summed E-state index contributed by atoms with van der Waals surface area (Å²) in [6, 6.07) is 7.35.